The Morgan fingerprint density at radius 2 is 2.08 bits per heavy atom. The van der Waals surface area contributed by atoms with Crippen LogP contribution in [-0.2, 0) is 4.79 Å². The minimum Gasteiger partial charge on any atom is -0.397 e. The second-order valence-electron chi connectivity index (χ2n) is 5.83. The fourth-order valence-corrected chi connectivity index (χ4v) is 2.63. The number of nitrogens with zero attached hydrogens (tertiary/aromatic N) is 3. The Labute approximate surface area is 142 Å². The molecule has 0 atom stereocenters. The van der Waals surface area contributed by atoms with Gasteiger partial charge in [-0.05, 0) is 24.6 Å². The number of nitrogens with one attached hydrogen (secondary N) is 1. The summed E-state index contributed by atoms with van der Waals surface area (Å²) < 4.78 is 0. The van der Waals surface area contributed by atoms with Gasteiger partial charge in [0, 0.05) is 45.5 Å². The van der Waals surface area contributed by atoms with Gasteiger partial charge in [-0.2, -0.15) is 5.26 Å². The predicted molar refractivity (Wildman–Crippen MR) is 95.0 cm³/mol. The number of nitrogen functional groups attached to an aromatic ring is 1. The van der Waals surface area contributed by atoms with Crippen molar-refractivity contribution < 1.29 is 4.79 Å². The van der Waals surface area contributed by atoms with E-state index < -0.39 is 0 Å². The van der Waals surface area contributed by atoms with Gasteiger partial charge in [-0.25, -0.2) is 0 Å². The first-order valence-electron chi connectivity index (χ1n) is 7.99. The van der Waals surface area contributed by atoms with Crippen molar-refractivity contribution in [2.45, 2.75) is 6.92 Å². The lowest BCUT2D eigenvalue weighted by atomic mass is 10.2. The molecule has 2 rings (SSSR count). The number of piperazine rings is 1. The van der Waals surface area contributed by atoms with Crippen LogP contribution in [0, 0.1) is 18.3 Å². The summed E-state index contributed by atoms with van der Waals surface area (Å²) in [4.78, 5) is 16.4. The third-order valence-electron chi connectivity index (χ3n) is 4.03. The number of nitrogens with two attached hydrogens (primary N) is 2. The summed E-state index contributed by atoms with van der Waals surface area (Å²) in [6.45, 7) is 6.15. The van der Waals surface area contributed by atoms with Gasteiger partial charge in [0.2, 0.25) is 0 Å². The Hall–Kier alpha value is -2.56. The van der Waals surface area contributed by atoms with E-state index in [9.17, 15) is 10.1 Å². The first kappa shape index (κ1) is 17.8. The van der Waals surface area contributed by atoms with Crippen LogP contribution in [0.1, 0.15) is 5.56 Å². The van der Waals surface area contributed by atoms with Crippen LogP contribution in [0.4, 0.5) is 11.4 Å². The van der Waals surface area contributed by atoms with E-state index in [0.29, 0.717) is 31.0 Å². The van der Waals surface area contributed by atoms with Gasteiger partial charge in [-0.15, -0.1) is 0 Å². The predicted octanol–water partition coefficient (Wildman–Crippen LogP) is 0.500. The first-order chi connectivity index (χ1) is 11.5. The van der Waals surface area contributed by atoms with Gasteiger partial charge in [0.1, 0.15) is 11.6 Å². The van der Waals surface area contributed by atoms with Crippen LogP contribution in [0.5, 0.6) is 0 Å². The average Bonchev–Trinajstić information content (AvgIpc) is 2.58. The molecule has 1 aromatic carbocycles. The minimum atomic E-state index is -0.261. The van der Waals surface area contributed by atoms with E-state index in [0.717, 1.165) is 25.2 Å². The van der Waals surface area contributed by atoms with Crippen molar-refractivity contribution in [3.8, 4) is 6.07 Å². The maximum atomic E-state index is 12.5. The molecule has 0 unspecified atom stereocenters. The number of anilines is 2. The van der Waals surface area contributed by atoms with Crippen LogP contribution in [-0.4, -0.2) is 55.0 Å². The van der Waals surface area contributed by atoms with E-state index in [4.69, 9.17) is 11.5 Å². The van der Waals surface area contributed by atoms with Gasteiger partial charge in [0.15, 0.2) is 0 Å². The normalized spacial score (nSPS) is 15.9. The quantitative estimate of drug-likeness (QED) is 0.412. The smallest absolute Gasteiger partial charge is 0.266 e. The first-order valence-corrected chi connectivity index (χ1v) is 7.99. The molecule has 5 N–H and O–H groups in total. The van der Waals surface area contributed by atoms with Crippen LogP contribution in [0.2, 0.25) is 0 Å². The Balaban J connectivity index is 2.00. The lowest BCUT2D eigenvalue weighted by Gasteiger charge is -2.34. The highest BCUT2D eigenvalue weighted by atomic mass is 16.2. The highest BCUT2D eigenvalue weighted by Crippen LogP contribution is 2.19. The molecule has 1 aromatic rings. The number of carbonyl (C=O) groups excluding carboxylic acids is 1. The number of hydrogen-bond donors (Lipinski definition) is 3. The Morgan fingerprint density at radius 3 is 2.67 bits per heavy atom. The number of amides is 1. The van der Waals surface area contributed by atoms with E-state index in [2.05, 4.69) is 10.2 Å². The van der Waals surface area contributed by atoms with E-state index >= 15 is 0 Å². The zero-order valence-electron chi connectivity index (χ0n) is 14.0. The van der Waals surface area contributed by atoms with Crippen molar-refractivity contribution in [2.75, 3.05) is 50.3 Å². The second kappa shape index (κ2) is 8.34. The van der Waals surface area contributed by atoms with Crippen LogP contribution >= 0.6 is 0 Å². The van der Waals surface area contributed by atoms with Gasteiger partial charge in [-0.3, -0.25) is 9.69 Å². The number of benzene rings is 1. The van der Waals surface area contributed by atoms with E-state index in [1.165, 1.54) is 6.20 Å². The Kier molecular flexibility index (Phi) is 6.18. The maximum Gasteiger partial charge on any atom is 0.266 e. The summed E-state index contributed by atoms with van der Waals surface area (Å²) in [6, 6.07) is 7.54. The zero-order chi connectivity index (χ0) is 17.5. The summed E-state index contributed by atoms with van der Waals surface area (Å²) in [5, 5.41) is 12.2. The number of hydrogen-bond acceptors (Lipinski definition) is 6. The molecule has 1 heterocycles. The molecule has 1 saturated heterocycles. The molecule has 128 valence electrons. The summed E-state index contributed by atoms with van der Waals surface area (Å²) in [6.07, 6.45) is 1.43. The molecule has 0 aliphatic carbocycles. The lowest BCUT2D eigenvalue weighted by molar-refractivity contribution is -0.128. The Bertz CT molecular complexity index is 656. The molecule has 1 fully saturated rings. The molecule has 0 saturated carbocycles. The molecule has 24 heavy (non-hydrogen) atoms. The van der Waals surface area contributed by atoms with Crippen LogP contribution in [0.25, 0.3) is 0 Å². The number of rotatable bonds is 5. The summed E-state index contributed by atoms with van der Waals surface area (Å²) >= 11 is 0. The van der Waals surface area contributed by atoms with Gasteiger partial charge < -0.3 is 21.7 Å². The van der Waals surface area contributed by atoms with E-state index in [1.54, 1.807) is 4.90 Å². The van der Waals surface area contributed by atoms with Gasteiger partial charge >= 0.3 is 0 Å². The highest BCUT2D eigenvalue weighted by molar-refractivity contribution is 5.97. The molecule has 0 radical (unpaired) electrons. The van der Waals surface area contributed by atoms with Gasteiger partial charge in [-0.1, -0.05) is 6.07 Å². The summed E-state index contributed by atoms with van der Waals surface area (Å²) in [5.41, 5.74) is 13.8. The monoisotopic (exact) mass is 328 g/mol. The topological polar surface area (TPSA) is 111 Å². The fourth-order valence-electron chi connectivity index (χ4n) is 2.63. The molecular formula is C17H24N6O. The van der Waals surface area contributed by atoms with Crippen molar-refractivity contribution in [2.24, 2.45) is 5.73 Å². The fraction of sp³-hybridized carbons (Fsp3) is 0.412. The van der Waals surface area contributed by atoms with Crippen molar-refractivity contribution in [1.82, 2.24) is 9.80 Å². The average molecular weight is 328 g/mol. The number of aryl methyl sites for hydroxylation is 1. The molecular weight excluding hydrogens is 304 g/mol. The second-order valence-corrected chi connectivity index (χ2v) is 5.83. The van der Waals surface area contributed by atoms with Crippen molar-refractivity contribution in [1.29, 1.82) is 5.26 Å². The minimum absolute atomic E-state index is 0.0715. The SMILES string of the molecule is Cc1ccc(N/C=C(/C#N)C(=O)N2CCN(CCN)CC2)c(N)c1. The third kappa shape index (κ3) is 4.47. The summed E-state index contributed by atoms with van der Waals surface area (Å²) in [5.74, 6) is -0.261. The van der Waals surface area contributed by atoms with Gasteiger partial charge in [0.25, 0.3) is 5.91 Å². The number of nitriles is 1. The lowest BCUT2D eigenvalue weighted by Crippen LogP contribution is -2.50. The van der Waals surface area contributed by atoms with Crippen LogP contribution in [0.3, 0.4) is 0 Å². The zero-order valence-corrected chi connectivity index (χ0v) is 14.0. The molecule has 7 heteroatoms. The number of carbonyl (C=O) groups is 1. The van der Waals surface area contributed by atoms with Crippen molar-refractivity contribution >= 4 is 17.3 Å². The van der Waals surface area contributed by atoms with Crippen LogP contribution < -0.4 is 16.8 Å². The largest absolute Gasteiger partial charge is 0.397 e. The molecule has 1 aliphatic rings. The highest BCUT2D eigenvalue weighted by Gasteiger charge is 2.23. The molecule has 0 bridgehead atoms. The molecule has 1 aliphatic heterocycles. The maximum absolute atomic E-state index is 12.5. The molecule has 0 aromatic heterocycles. The van der Waals surface area contributed by atoms with E-state index in [1.807, 2.05) is 31.2 Å². The molecule has 1 amide bonds. The van der Waals surface area contributed by atoms with Crippen molar-refractivity contribution in [3.63, 3.8) is 0 Å². The molecule has 7 nitrogen and oxygen atoms in total. The Morgan fingerprint density at radius 1 is 1.38 bits per heavy atom. The van der Waals surface area contributed by atoms with E-state index in [-0.39, 0.29) is 11.5 Å². The van der Waals surface area contributed by atoms with Gasteiger partial charge in [0.05, 0.1) is 11.4 Å². The standard InChI is InChI=1S/C17H24N6O/c1-13-2-3-16(15(20)10-13)21-12-14(11-19)17(24)23-8-6-22(5-4-18)7-9-23/h2-3,10,12,21H,4-9,18,20H2,1H3/b14-12-. The van der Waals surface area contributed by atoms with Crippen molar-refractivity contribution in [3.05, 3.63) is 35.5 Å². The summed E-state index contributed by atoms with van der Waals surface area (Å²) in [7, 11) is 0. The third-order valence-corrected chi connectivity index (χ3v) is 4.03. The molecule has 0 spiro atoms. The van der Waals surface area contributed by atoms with Crippen LogP contribution in [0.15, 0.2) is 30.0 Å².